The molecule has 0 aliphatic carbocycles. The number of alkyl halides is 1. The predicted octanol–water partition coefficient (Wildman–Crippen LogP) is -4.84. The Kier molecular flexibility index (Phi) is 8.56. The number of nitrogens with one attached hydrogen (secondary N) is 1. The van der Waals surface area contributed by atoms with Gasteiger partial charge in [0.1, 0.15) is 48.8 Å². The first-order valence-corrected chi connectivity index (χ1v) is 9.71. The van der Waals surface area contributed by atoms with Gasteiger partial charge in [-0.15, -0.1) is 0 Å². The van der Waals surface area contributed by atoms with Gasteiger partial charge in [0.2, 0.25) is 5.91 Å². The second kappa shape index (κ2) is 10.0. The fourth-order valence-electron chi connectivity index (χ4n) is 2.91. The Morgan fingerprint density at radius 2 is 1.52 bits per heavy atom. The van der Waals surface area contributed by atoms with Gasteiger partial charge in [-0.2, -0.15) is 0 Å². The first-order chi connectivity index (χ1) is 12.7. The van der Waals surface area contributed by atoms with Crippen LogP contribution in [0.15, 0.2) is 0 Å². The highest BCUT2D eigenvalue weighted by Crippen LogP contribution is 2.28. The summed E-state index contributed by atoms with van der Waals surface area (Å²) in [5, 5.41) is 71.1. The molecule has 2 aliphatic rings. The van der Waals surface area contributed by atoms with Crippen LogP contribution in [0.2, 0.25) is 0 Å². The highest BCUT2D eigenvalue weighted by molar-refractivity contribution is 14.1. The lowest BCUT2D eigenvalue weighted by Gasteiger charge is -2.46. The van der Waals surface area contributed by atoms with E-state index >= 15 is 0 Å². The van der Waals surface area contributed by atoms with E-state index < -0.39 is 80.5 Å². The molecule has 10 atom stereocenters. The van der Waals surface area contributed by atoms with Crippen molar-refractivity contribution in [1.82, 2.24) is 5.32 Å². The largest absolute Gasteiger partial charge is 0.394 e. The lowest BCUT2D eigenvalue weighted by molar-refractivity contribution is -0.343. The van der Waals surface area contributed by atoms with E-state index in [9.17, 15) is 40.5 Å². The van der Waals surface area contributed by atoms with Crippen LogP contribution in [-0.2, 0) is 19.0 Å². The minimum atomic E-state index is -1.73. The quantitative estimate of drug-likeness (QED) is 0.126. The second-order valence-electron chi connectivity index (χ2n) is 6.26. The van der Waals surface area contributed by atoms with Crippen molar-refractivity contribution >= 4 is 28.5 Å². The van der Waals surface area contributed by atoms with Gasteiger partial charge < -0.3 is 55.3 Å². The number of aliphatic hydroxyl groups is 7. The minimum Gasteiger partial charge on any atom is -0.394 e. The molecule has 0 spiro atoms. The molecule has 8 N–H and O–H groups in total. The van der Waals surface area contributed by atoms with Crippen LogP contribution in [0.25, 0.3) is 0 Å². The van der Waals surface area contributed by atoms with Gasteiger partial charge in [0.25, 0.3) is 0 Å². The molecule has 0 radical (unpaired) electrons. The van der Waals surface area contributed by atoms with E-state index in [0.29, 0.717) is 0 Å². The SMILES string of the molecule is O=C(CI)N[C@@H]1OC(CO)C(O[C@@H]2OC(CO)[C@H](O)C(O)C2O)C(O)C1O. The van der Waals surface area contributed by atoms with E-state index in [1.165, 1.54) is 0 Å². The number of carbonyl (C=O) groups is 1. The third kappa shape index (κ3) is 5.05. The number of hydrogen-bond donors (Lipinski definition) is 8. The average Bonchev–Trinajstić information content (AvgIpc) is 2.67. The summed E-state index contributed by atoms with van der Waals surface area (Å²) in [4.78, 5) is 11.5. The van der Waals surface area contributed by atoms with Crippen molar-refractivity contribution in [1.29, 1.82) is 0 Å². The summed E-state index contributed by atoms with van der Waals surface area (Å²) < 4.78 is 16.0. The number of amides is 1. The Balaban J connectivity index is 2.11. The Bertz CT molecular complexity index is 496. The summed E-state index contributed by atoms with van der Waals surface area (Å²) in [7, 11) is 0. The van der Waals surface area contributed by atoms with Crippen LogP contribution < -0.4 is 5.32 Å². The van der Waals surface area contributed by atoms with Crippen molar-refractivity contribution in [2.24, 2.45) is 0 Å². The Labute approximate surface area is 167 Å². The van der Waals surface area contributed by atoms with E-state index in [0.717, 1.165) is 0 Å². The fraction of sp³-hybridized carbons (Fsp3) is 0.929. The molecular formula is C14H24INO11. The molecule has 2 heterocycles. The molecule has 0 bridgehead atoms. The summed E-state index contributed by atoms with van der Waals surface area (Å²) in [6.45, 7) is -1.34. The van der Waals surface area contributed by atoms with Gasteiger partial charge in [-0.05, 0) is 0 Å². The zero-order chi connectivity index (χ0) is 20.3. The van der Waals surface area contributed by atoms with Gasteiger partial charge in [-0.1, -0.05) is 22.6 Å². The maximum Gasteiger partial charge on any atom is 0.231 e. The molecule has 0 saturated carbocycles. The molecule has 2 saturated heterocycles. The molecule has 27 heavy (non-hydrogen) atoms. The second-order valence-corrected chi connectivity index (χ2v) is 7.02. The minimum absolute atomic E-state index is 0.0784. The highest BCUT2D eigenvalue weighted by Gasteiger charge is 2.50. The molecule has 0 aromatic rings. The lowest BCUT2D eigenvalue weighted by atomic mass is 9.96. The molecule has 158 valence electrons. The van der Waals surface area contributed by atoms with E-state index in [-0.39, 0.29) is 4.43 Å². The number of ether oxygens (including phenoxy) is 3. The summed E-state index contributed by atoms with van der Waals surface area (Å²) in [5.41, 5.74) is 0. The van der Waals surface area contributed by atoms with Gasteiger partial charge >= 0.3 is 0 Å². The molecule has 13 heteroatoms. The maximum atomic E-state index is 11.5. The van der Waals surface area contributed by atoms with Crippen LogP contribution in [0.4, 0.5) is 0 Å². The molecular weight excluding hydrogens is 485 g/mol. The number of aliphatic hydroxyl groups excluding tert-OH is 7. The van der Waals surface area contributed by atoms with Crippen molar-refractivity contribution in [3.8, 4) is 0 Å². The van der Waals surface area contributed by atoms with Crippen LogP contribution in [0.5, 0.6) is 0 Å². The van der Waals surface area contributed by atoms with Crippen molar-refractivity contribution in [2.75, 3.05) is 17.6 Å². The molecule has 2 aliphatic heterocycles. The molecule has 0 aromatic heterocycles. The van der Waals surface area contributed by atoms with Crippen molar-refractivity contribution in [3.63, 3.8) is 0 Å². The Morgan fingerprint density at radius 3 is 2.07 bits per heavy atom. The third-order valence-corrected chi connectivity index (χ3v) is 5.12. The number of hydrogen-bond acceptors (Lipinski definition) is 11. The highest BCUT2D eigenvalue weighted by atomic mass is 127. The van der Waals surface area contributed by atoms with Crippen LogP contribution in [0.1, 0.15) is 0 Å². The maximum absolute atomic E-state index is 11.5. The van der Waals surface area contributed by atoms with E-state index in [1.54, 1.807) is 22.6 Å². The van der Waals surface area contributed by atoms with Gasteiger partial charge in [0, 0.05) is 0 Å². The number of carbonyl (C=O) groups excluding carboxylic acids is 1. The summed E-state index contributed by atoms with van der Waals surface area (Å²) in [6, 6.07) is 0. The standard InChI is InChI=1S/C14H24INO11/c15-1-6(19)16-13-10(23)9(22)12(5(3-18)25-13)27-14-11(24)8(21)7(20)4(2-17)26-14/h4-5,7-14,17-18,20-24H,1-3H2,(H,16,19)/t4?,5?,7-,8?,9?,10?,11?,12?,13+,14-/m0/s1. The van der Waals surface area contributed by atoms with Gasteiger partial charge in [-0.3, -0.25) is 4.79 Å². The van der Waals surface area contributed by atoms with Gasteiger partial charge in [0.05, 0.1) is 17.6 Å². The molecule has 0 aromatic carbocycles. The predicted molar refractivity (Wildman–Crippen MR) is 93.4 cm³/mol. The molecule has 7 unspecified atom stereocenters. The van der Waals surface area contributed by atoms with E-state index in [1.807, 2.05) is 0 Å². The molecule has 1 amide bonds. The third-order valence-electron chi connectivity index (χ3n) is 4.43. The Morgan fingerprint density at radius 1 is 0.889 bits per heavy atom. The zero-order valence-electron chi connectivity index (χ0n) is 14.0. The van der Waals surface area contributed by atoms with Gasteiger partial charge in [-0.25, -0.2) is 0 Å². The number of rotatable bonds is 6. The molecule has 12 nitrogen and oxygen atoms in total. The van der Waals surface area contributed by atoms with Crippen molar-refractivity contribution in [2.45, 2.75) is 61.3 Å². The van der Waals surface area contributed by atoms with Crippen LogP contribution in [0.3, 0.4) is 0 Å². The smallest absolute Gasteiger partial charge is 0.231 e. The summed E-state index contributed by atoms with van der Waals surface area (Å²) >= 11 is 1.79. The normalized spacial score (nSPS) is 45.5. The zero-order valence-corrected chi connectivity index (χ0v) is 16.2. The summed E-state index contributed by atoms with van der Waals surface area (Å²) in [5.74, 6) is -0.461. The molecule has 2 rings (SSSR count). The monoisotopic (exact) mass is 509 g/mol. The first kappa shape index (κ1) is 23.1. The fourth-order valence-corrected chi connectivity index (χ4v) is 3.13. The van der Waals surface area contributed by atoms with E-state index in [2.05, 4.69) is 5.32 Å². The van der Waals surface area contributed by atoms with Crippen LogP contribution in [-0.4, -0.2) is 121 Å². The van der Waals surface area contributed by atoms with Gasteiger partial charge in [0.15, 0.2) is 12.5 Å². The van der Waals surface area contributed by atoms with Crippen molar-refractivity contribution in [3.05, 3.63) is 0 Å². The molecule has 2 fully saturated rings. The van der Waals surface area contributed by atoms with Crippen LogP contribution >= 0.6 is 22.6 Å². The van der Waals surface area contributed by atoms with Crippen molar-refractivity contribution < 1.29 is 54.8 Å². The lowest BCUT2D eigenvalue weighted by Crippen LogP contribution is -2.66. The number of halogens is 1. The average molecular weight is 509 g/mol. The summed E-state index contributed by atoms with van der Waals surface area (Å²) in [6.07, 6.45) is -15.0. The van der Waals surface area contributed by atoms with Crippen LogP contribution in [0, 0.1) is 0 Å². The Hall–Kier alpha value is -0.200. The first-order valence-electron chi connectivity index (χ1n) is 8.18. The van der Waals surface area contributed by atoms with E-state index in [4.69, 9.17) is 14.2 Å². The topological polar surface area (TPSA) is 198 Å².